The smallest absolute Gasteiger partial charge is 0.199 e. The minimum absolute atomic E-state index is 0.0152. The van der Waals surface area contributed by atoms with Crippen molar-refractivity contribution in [3.8, 4) is 6.07 Å². The number of pyridine rings is 1. The number of alkyl halides is 1. The minimum Gasteiger partial charge on any atom is -0.236 e. The van der Waals surface area contributed by atoms with Gasteiger partial charge in [0.15, 0.2) is 14.9 Å². The van der Waals surface area contributed by atoms with E-state index >= 15 is 0 Å². The van der Waals surface area contributed by atoms with E-state index in [0.717, 1.165) is 0 Å². The van der Waals surface area contributed by atoms with Crippen LogP contribution in [-0.4, -0.2) is 24.5 Å². The summed E-state index contributed by atoms with van der Waals surface area (Å²) in [6.45, 7) is 1.52. The van der Waals surface area contributed by atoms with Gasteiger partial charge in [-0.05, 0) is 19.1 Å². The lowest BCUT2D eigenvalue weighted by atomic mass is 10.1. The lowest BCUT2D eigenvalue weighted by Gasteiger charge is -2.10. The first-order valence-corrected chi connectivity index (χ1v) is 7.68. The van der Waals surface area contributed by atoms with Gasteiger partial charge in [-0.2, -0.15) is 5.26 Å². The molecule has 1 atom stereocenters. The van der Waals surface area contributed by atoms with Gasteiger partial charge in [-0.3, -0.25) is 0 Å². The summed E-state index contributed by atoms with van der Waals surface area (Å²) in [4.78, 5) is 4.13. The molecular formula is C13H11ClN2O2S. The van der Waals surface area contributed by atoms with Crippen molar-refractivity contribution >= 4 is 32.3 Å². The highest BCUT2D eigenvalue weighted by molar-refractivity contribution is 7.92. The van der Waals surface area contributed by atoms with E-state index in [0.29, 0.717) is 16.5 Å². The van der Waals surface area contributed by atoms with Crippen LogP contribution in [0.5, 0.6) is 0 Å². The second kappa shape index (κ2) is 5.16. The molecule has 1 aromatic carbocycles. The zero-order valence-corrected chi connectivity index (χ0v) is 11.7. The summed E-state index contributed by atoms with van der Waals surface area (Å²) in [6.07, 6.45) is 0. The van der Waals surface area contributed by atoms with Crippen molar-refractivity contribution in [2.75, 3.05) is 5.88 Å². The summed E-state index contributed by atoms with van der Waals surface area (Å²) < 4.78 is 24.4. The van der Waals surface area contributed by atoms with Crippen molar-refractivity contribution < 1.29 is 8.42 Å². The van der Waals surface area contributed by atoms with Crippen LogP contribution in [0.15, 0.2) is 35.4 Å². The first-order valence-electron chi connectivity index (χ1n) is 5.60. The molecule has 1 unspecified atom stereocenters. The summed E-state index contributed by atoms with van der Waals surface area (Å²) in [5.41, 5.74) is 0.785. The van der Waals surface area contributed by atoms with Gasteiger partial charge < -0.3 is 0 Å². The minimum atomic E-state index is -3.61. The van der Waals surface area contributed by atoms with E-state index in [4.69, 9.17) is 16.9 Å². The third-order valence-electron chi connectivity index (χ3n) is 2.85. The van der Waals surface area contributed by atoms with Crippen LogP contribution in [-0.2, 0) is 9.84 Å². The molecule has 6 heteroatoms. The average Bonchev–Trinajstić information content (AvgIpc) is 2.44. The number of para-hydroxylation sites is 1. The molecule has 98 valence electrons. The fourth-order valence-electron chi connectivity index (χ4n) is 1.68. The van der Waals surface area contributed by atoms with Crippen LogP contribution in [0, 0.1) is 11.3 Å². The van der Waals surface area contributed by atoms with Gasteiger partial charge in [0.1, 0.15) is 0 Å². The topological polar surface area (TPSA) is 70.8 Å². The molecule has 2 aromatic rings. The van der Waals surface area contributed by atoms with E-state index in [1.54, 1.807) is 24.3 Å². The molecule has 0 aliphatic heterocycles. The first kappa shape index (κ1) is 13.8. The Morgan fingerprint density at radius 1 is 1.42 bits per heavy atom. The lowest BCUT2D eigenvalue weighted by Crippen LogP contribution is -2.20. The second-order valence-corrected chi connectivity index (χ2v) is 6.77. The van der Waals surface area contributed by atoms with Crippen molar-refractivity contribution in [2.24, 2.45) is 0 Å². The molecule has 0 radical (unpaired) electrons. The third-order valence-corrected chi connectivity index (χ3v) is 5.52. The van der Waals surface area contributed by atoms with Crippen molar-refractivity contribution in [1.29, 1.82) is 5.26 Å². The summed E-state index contributed by atoms with van der Waals surface area (Å²) in [5.74, 6) is -0.0152. The Hall–Kier alpha value is -1.64. The molecule has 2 rings (SSSR count). The molecule has 0 amide bonds. The number of sulfone groups is 1. The molecule has 1 heterocycles. The first-order chi connectivity index (χ1) is 9.00. The normalized spacial score (nSPS) is 13.1. The number of halogens is 1. The Morgan fingerprint density at radius 3 is 2.74 bits per heavy atom. The number of fused-ring (bicyclic) bond motifs is 1. The number of hydrogen-bond acceptors (Lipinski definition) is 4. The van der Waals surface area contributed by atoms with Crippen LogP contribution >= 0.6 is 11.6 Å². The van der Waals surface area contributed by atoms with Gasteiger partial charge in [0.25, 0.3) is 0 Å². The molecule has 0 bridgehead atoms. The monoisotopic (exact) mass is 294 g/mol. The van der Waals surface area contributed by atoms with Crippen molar-refractivity contribution in [2.45, 2.75) is 17.2 Å². The molecule has 0 saturated heterocycles. The zero-order valence-electron chi connectivity index (χ0n) is 10.2. The fraction of sp³-hybridized carbons (Fsp3) is 0.231. The second-order valence-electron chi connectivity index (χ2n) is 4.15. The van der Waals surface area contributed by atoms with Crippen molar-refractivity contribution in [3.05, 3.63) is 35.9 Å². The van der Waals surface area contributed by atoms with E-state index < -0.39 is 15.1 Å². The summed E-state index contributed by atoms with van der Waals surface area (Å²) in [7, 11) is -3.61. The SMILES string of the molecule is CC(CCl)S(=O)(=O)c1cc(C#N)c2ccccc2n1. The molecule has 0 aliphatic rings. The molecule has 19 heavy (non-hydrogen) atoms. The van der Waals surface area contributed by atoms with Gasteiger partial charge in [0.05, 0.1) is 22.4 Å². The molecule has 1 aromatic heterocycles. The van der Waals surface area contributed by atoms with Crippen LogP contribution in [0.3, 0.4) is 0 Å². The highest BCUT2D eigenvalue weighted by atomic mass is 35.5. The Balaban J connectivity index is 2.74. The Bertz CT molecular complexity index is 766. The maximum Gasteiger partial charge on any atom is 0.199 e. The number of nitrogens with zero attached hydrogens (tertiary/aromatic N) is 2. The van der Waals surface area contributed by atoms with Gasteiger partial charge in [-0.25, -0.2) is 13.4 Å². The van der Waals surface area contributed by atoms with E-state index in [2.05, 4.69) is 4.98 Å². The number of rotatable bonds is 3. The lowest BCUT2D eigenvalue weighted by molar-refractivity contribution is 0.584. The van der Waals surface area contributed by atoms with Crippen LogP contribution in [0.1, 0.15) is 12.5 Å². The molecule has 0 spiro atoms. The zero-order chi connectivity index (χ0) is 14.0. The predicted molar refractivity (Wildman–Crippen MR) is 73.8 cm³/mol. The molecule has 0 aliphatic carbocycles. The Morgan fingerprint density at radius 2 is 2.11 bits per heavy atom. The van der Waals surface area contributed by atoms with Gasteiger partial charge >= 0.3 is 0 Å². The van der Waals surface area contributed by atoms with E-state index in [1.165, 1.54) is 13.0 Å². The maximum absolute atomic E-state index is 12.2. The highest BCUT2D eigenvalue weighted by Crippen LogP contribution is 2.22. The summed E-state index contributed by atoms with van der Waals surface area (Å²) >= 11 is 5.61. The quantitative estimate of drug-likeness (QED) is 0.816. The molecule has 4 nitrogen and oxygen atoms in total. The largest absolute Gasteiger partial charge is 0.236 e. The standard InChI is InChI=1S/C13H11ClN2O2S/c1-9(7-14)19(17,18)13-6-10(8-15)11-4-2-3-5-12(11)16-13/h2-6,9H,7H2,1H3. The highest BCUT2D eigenvalue weighted by Gasteiger charge is 2.25. The van der Waals surface area contributed by atoms with E-state index in [-0.39, 0.29) is 10.9 Å². The molecule has 0 saturated carbocycles. The van der Waals surface area contributed by atoms with Crippen molar-refractivity contribution in [3.63, 3.8) is 0 Å². The van der Waals surface area contributed by atoms with Crippen molar-refractivity contribution in [1.82, 2.24) is 4.98 Å². The molecular weight excluding hydrogens is 284 g/mol. The van der Waals surface area contributed by atoms with Gasteiger partial charge in [0, 0.05) is 11.3 Å². The Labute approximate surface area is 116 Å². The van der Waals surface area contributed by atoms with Gasteiger partial charge in [0.2, 0.25) is 0 Å². The van der Waals surface area contributed by atoms with E-state index in [1.807, 2.05) is 6.07 Å². The third kappa shape index (κ3) is 2.42. The average molecular weight is 295 g/mol. The van der Waals surface area contributed by atoms with Crippen LogP contribution in [0.4, 0.5) is 0 Å². The van der Waals surface area contributed by atoms with Crippen LogP contribution in [0.2, 0.25) is 0 Å². The van der Waals surface area contributed by atoms with Crippen LogP contribution < -0.4 is 0 Å². The van der Waals surface area contributed by atoms with E-state index in [9.17, 15) is 8.42 Å². The summed E-state index contributed by atoms with van der Waals surface area (Å²) in [6, 6.07) is 10.3. The molecule has 0 N–H and O–H groups in total. The van der Waals surface area contributed by atoms with Gasteiger partial charge in [-0.1, -0.05) is 18.2 Å². The summed E-state index contributed by atoms with van der Waals surface area (Å²) in [5, 5.41) is 8.92. The van der Waals surface area contributed by atoms with Gasteiger partial charge in [-0.15, -0.1) is 11.6 Å². The number of benzene rings is 1. The predicted octanol–water partition coefficient (Wildman–Crippen LogP) is 2.51. The fourth-order valence-corrected chi connectivity index (χ4v) is 3.26. The van der Waals surface area contributed by atoms with Crippen LogP contribution in [0.25, 0.3) is 10.9 Å². The Kier molecular flexibility index (Phi) is 3.74. The number of nitriles is 1. The molecule has 0 fully saturated rings. The number of hydrogen-bond donors (Lipinski definition) is 0. The number of aromatic nitrogens is 1. The maximum atomic E-state index is 12.2.